The molecule has 1 heterocycles. The topological polar surface area (TPSA) is 21.3 Å². The van der Waals surface area contributed by atoms with Crippen LogP contribution in [0.5, 0.6) is 5.75 Å². The Morgan fingerprint density at radius 1 is 1.19 bits per heavy atom. The van der Waals surface area contributed by atoms with Crippen LogP contribution in [0.25, 0.3) is 0 Å². The molecule has 3 rings (SSSR count). The molecule has 21 heavy (non-hydrogen) atoms. The molecule has 3 heteroatoms. The molecule has 2 aromatic carbocycles. The van der Waals surface area contributed by atoms with Crippen molar-refractivity contribution in [3.05, 3.63) is 65.0 Å². The standard InChI is InChI=1S/C18H20FNO/c1-3-20-16-11-17(13-6-4-12(2)5-7-13)21-18-10-14(19)8-9-15(16)18/h4-10,16-17,20H,3,11H2,1-2H3. The monoisotopic (exact) mass is 285 g/mol. The molecular formula is C18H20FNO. The molecule has 0 bridgehead atoms. The van der Waals surface area contributed by atoms with Crippen molar-refractivity contribution in [2.45, 2.75) is 32.4 Å². The van der Waals surface area contributed by atoms with Gasteiger partial charge in [-0.1, -0.05) is 42.8 Å². The zero-order valence-electron chi connectivity index (χ0n) is 12.4. The van der Waals surface area contributed by atoms with Crippen LogP contribution in [-0.4, -0.2) is 6.54 Å². The van der Waals surface area contributed by atoms with Crippen molar-refractivity contribution in [2.24, 2.45) is 0 Å². The fraction of sp³-hybridized carbons (Fsp3) is 0.333. The fourth-order valence-corrected chi connectivity index (χ4v) is 2.87. The van der Waals surface area contributed by atoms with E-state index in [0.29, 0.717) is 5.75 Å². The lowest BCUT2D eigenvalue weighted by Crippen LogP contribution is -2.29. The number of hydrogen-bond acceptors (Lipinski definition) is 2. The Labute approximate surface area is 125 Å². The predicted octanol–water partition coefficient (Wildman–Crippen LogP) is 4.31. The first-order valence-electron chi connectivity index (χ1n) is 7.43. The van der Waals surface area contributed by atoms with Crippen molar-refractivity contribution in [3.63, 3.8) is 0 Å². The number of hydrogen-bond donors (Lipinski definition) is 1. The molecule has 0 fully saturated rings. The Bertz CT molecular complexity index is 624. The molecule has 0 spiro atoms. The van der Waals surface area contributed by atoms with Gasteiger partial charge in [0, 0.05) is 24.1 Å². The second-order valence-electron chi connectivity index (χ2n) is 5.55. The lowest BCUT2D eigenvalue weighted by Gasteiger charge is -2.33. The van der Waals surface area contributed by atoms with Gasteiger partial charge in [0.05, 0.1) is 0 Å². The number of fused-ring (bicyclic) bond motifs is 1. The summed E-state index contributed by atoms with van der Waals surface area (Å²) >= 11 is 0. The van der Waals surface area contributed by atoms with Crippen molar-refractivity contribution in [1.82, 2.24) is 5.32 Å². The van der Waals surface area contributed by atoms with E-state index in [1.807, 2.05) is 6.07 Å². The van der Waals surface area contributed by atoms with Crippen LogP contribution in [0.1, 0.15) is 42.2 Å². The number of ether oxygens (including phenoxy) is 1. The molecule has 2 atom stereocenters. The smallest absolute Gasteiger partial charge is 0.127 e. The first-order valence-corrected chi connectivity index (χ1v) is 7.43. The molecule has 0 aromatic heterocycles. The molecule has 0 amide bonds. The van der Waals surface area contributed by atoms with Crippen LogP contribution in [0.15, 0.2) is 42.5 Å². The highest BCUT2D eigenvalue weighted by Gasteiger charge is 2.29. The van der Waals surface area contributed by atoms with Gasteiger partial charge < -0.3 is 10.1 Å². The first kappa shape index (κ1) is 14.1. The summed E-state index contributed by atoms with van der Waals surface area (Å²) in [4.78, 5) is 0. The first-order chi connectivity index (χ1) is 10.2. The van der Waals surface area contributed by atoms with E-state index >= 15 is 0 Å². The van der Waals surface area contributed by atoms with Crippen LogP contribution in [0.2, 0.25) is 0 Å². The van der Waals surface area contributed by atoms with Gasteiger partial charge in [-0.05, 0) is 25.1 Å². The SMILES string of the molecule is CCNC1CC(c2ccc(C)cc2)Oc2cc(F)ccc21. The minimum absolute atomic E-state index is 0.0380. The average molecular weight is 285 g/mol. The average Bonchev–Trinajstić information content (AvgIpc) is 2.47. The minimum Gasteiger partial charge on any atom is -0.485 e. The second kappa shape index (κ2) is 5.86. The normalized spacial score (nSPS) is 20.7. The Kier molecular flexibility index (Phi) is 3.93. The minimum atomic E-state index is -0.256. The van der Waals surface area contributed by atoms with Crippen LogP contribution >= 0.6 is 0 Å². The van der Waals surface area contributed by atoms with Crippen LogP contribution in [0.3, 0.4) is 0 Å². The van der Waals surface area contributed by atoms with Gasteiger partial charge in [0.25, 0.3) is 0 Å². The number of aryl methyl sites for hydroxylation is 1. The Balaban J connectivity index is 1.94. The number of benzene rings is 2. The van der Waals surface area contributed by atoms with Gasteiger partial charge in [0.2, 0.25) is 0 Å². The molecular weight excluding hydrogens is 265 g/mol. The molecule has 2 unspecified atom stereocenters. The summed E-state index contributed by atoms with van der Waals surface area (Å²) in [7, 11) is 0. The summed E-state index contributed by atoms with van der Waals surface area (Å²) in [6.45, 7) is 5.03. The van der Waals surface area contributed by atoms with Gasteiger partial charge in [0.15, 0.2) is 0 Å². The highest BCUT2D eigenvalue weighted by Crippen LogP contribution is 2.41. The maximum atomic E-state index is 13.5. The molecule has 2 nitrogen and oxygen atoms in total. The van der Waals surface area contributed by atoms with Crippen molar-refractivity contribution in [3.8, 4) is 5.75 Å². The number of rotatable bonds is 3. The van der Waals surface area contributed by atoms with Gasteiger partial charge in [-0.2, -0.15) is 0 Å². The number of halogens is 1. The predicted molar refractivity (Wildman–Crippen MR) is 82.0 cm³/mol. The van der Waals surface area contributed by atoms with Crippen molar-refractivity contribution in [2.75, 3.05) is 6.54 Å². The third-order valence-electron chi connectivity index (χ3n) is 3.97. The van der Waals surface area contributed by atoms with E-state index in [1.165, 1.54) is 17.7 Å². The molecule has 0 saturated carbocycles. The van der Waals surface area contributed by atoms with Crippen molar-refractivity contribution < 1.29 is 9.13 Å². The molecule has 0 radical (unpaired) electrons. The molecule has 1 N–H and O–H groups in total. The molecule has 1 aliphatic heterocycles. The lowest BCUT2D eigenvalue weighted by atomic mass is 9.92. The zero-order valence-corrected chi connectivity index (χ0v) is 12.4. The van der Waals surface area contributed by atoms with E-state index in [2.05, 4.69) is 43.4 Å². The quantitative estimate of drug-likeness (QED) is 0.907. The van der Waals surface area contributed by atoms with Crippen molar-refractivity contribution in [1.29, 1.82) is 0 Å². The molecule has 1 aliphatic rings. The number of nitrogens with one attached hydrogen (secondary N) is 1. The Hall–Kier alpha value is -1.87. The van der Waals surface area contributed by atoms with E-state index in [-0.39, 0.29) is 18.0 Å². The van der Waals surface area contributed by atoms with E-state index < -0.39 is 0 Å². The van der Waals surface area contributed by atoms with Crippen LogP contribution in [0.4, 0.5) is 4.39 Å². The summed E-state index contributed by atoms with van der Waals surface area (Å²) < 4.78 is 19.5. The van der Waals surface area contributed by atoms with Gasteiger partial charge >= 0.3 is 0 Å². The third kappa shape index (κ3) is 2.93. The molecule has 110 valence electrons. The summed E-state index contributed by atoms with van der Waals surface area (Å²) in [6, 6.07) is 13.4. The molecule has 0 aliphatic carbocycles. The summed E-state index contributed by atoms with van der Waals surface area (Å²) in [6.07, 6.45) is 0.819. The van der Waals surface area contributed by atoms with Gasteiger partial charge in [0.1, 0.15) is 17.7 Å². The Morgan fingerprint density at radius 3 is 2.67 bits per heavy atom. The summed E-state index contributed by atoms with van der Waals surface area (Å²) in [5.41, 5.74) is 3.41. The zero-order chi connectivity index (χ0) is 14.8. The van der Waals surface area contributed by atoms with Crippen LogP contribution in [-0.2, 0) is 0 Å². The van der Waals surface area contributed by atoms with Gasteiger partial charge in [-0.15, -0.1) is 0 Å². The molecule has 2 aromatic rings. The van der Waals surface area contributed by atoms with Gasteiger partial charge in [-0.25, -0.2) is 4.39 Å². The van der Waals surface area contributed by atoms with E-state index in [9.17, 15) is 4.39 Å². The third-order valence-corrected chi connectivity index (χ3v) is 3.97. The fourth-order valence-electron chi connectivity index (χ4n) is 2.87. The van der Waals surface area contributed by atoms with Crippen LogP contribution in [0, 0.1) is 12.7 Å². The largest absolute Gasteiger partial charge is 0.485 e. The van der Waals surface area contributed by atoms with E-state index in [1.54, 1.807) is 0 Å². The van der Waals surface area contributed by atoms with Crippen molar-refractivity contribution >= 4 is 0 Å². The van der Waals surface area contributed by atoms with E-state index in [4.69, 9.17) is 4.74 Å². The highest BCUT2D eigenvalue weighted by molar-refractivity contribution is 5.40. The highest BCUT2D eigenvalue weighted by atomic mass is 19.1. The maximum absolute atomic E-state index is 13.5. The Morgan fingerprint density at radius 2 is 1.95 bits per heavy atom. The second-order valence-corrected chi connectivity index (χ2v) is 5.55. The molecule has 0 saturated heterocycles. The maximum Gasteiger partial charge on any atom is 0.127 e. The summed E-state index contributed by atoms with van der Waals surface area (Å²) in [5, 5.41) is 3.47. The van der Waals surface area contributed by atoms with Gasteiger partial charge in [-0.3, -0.25) is 0 Å². The lowest BCUT2D eigenvalue weighted by molar-refractivity contribution is 0.151. The van der Waals surface area contributed by atoms with Crippen LogP contribution < -0.4 is 10.1 Å². The van der Waals surface area contributed by atoms with E-state index in [0.717, 1.165) is 24.1 Å². The summed E-state index contributed by atoms with van der Waals surface area (Å²) in [5.74, 6) is 0.395.